The van der Waals surface area contributed by atoms with E-state index in [-0.39, 0.29) is 5.15 Å². The second-order valence-corrected chi connectivity index (χ2v) is 4.99. The molecule has 0 aliphatic carbocycles. The molecule has 0 amide bonds. The van der Waals surface area contributed by atoms with Crippen molar-refractivity contribution in [3.05, 3.63) is 27.9 Å². The highest BCUT2D eigenvalue weighted by molar-refractivity contribution is 7.19. The summed E-state index contributed by atoms with van der Waals surface area (Å²) in [4.78, 5) is 4.49. The van der Waals surface area contributed by atoms with Crippen LogP contribution in [0.25, 0.3) is 10.1 Å². The number of aromatic nitrogens is 1. The molecular weight excluding hydrogens is 259 g/mol. The van der Waals surface area contributed by atoms with Crippen LogP contribution >= 0.6 is 22.9 Å². The van der Waals surface area contributed by atoms with Crippen LogP contribution in [0, 0.1) is 6.92 Å². The number of halogens is 4. The van der Waals surface area contributed by atoms with E-state index in [9.17, 15) is 13.2 Å². The molecule has 6 heteroatoms. The Labute approximate surface area is 98.9 Å². The van der Waals surface area contributed by atoms with Crippen LogP contribution in [0.2, 0.25) is 5.15 Å². The summed E-state index contributed by atoms with van der Waals surface area (Å²) in [6, 6.07) is 1.58. The minimum Gasteiger partial charge on any atom is -0.243 e. The number of hydrogen-bond donors (Lipinski definition) is 0. The number of nitrogens with zero attached hydrogens (tertiary/aromatic N) is 1. The molecule has 2 rings (SSSR count). The minimum absolute atomic E-state index is 0.263. The molecule has 0 aliphatic rings. The standard InChI is InChI=1S/C10H7ClF3NS/c1-5-7(4-10(12,13)14)6-2-3-15-9(11)8(6)16-5/h2-3H,4H2,1H3. The Hall–Kier alpha value is -0.810. The Kier molecular flexibility index (Phi) is 2.84. The lowest BCUT2D eigenvalue weighted by Gasteiger charge is -2.06. The predicted molar refractivity (Wildman–Crippen MR) is 59.1 cm³/mol. The zero-order valence-electron chi connectivity index (χ0n) is 8.23. The van der Waals surface area contributed by atoms with Crippen molar-refractivity contribution in [1.29, 1.82) is 0 Å². The van der Waals surface area contributed by atoms with Crippen molar-refractivity contribution >= 4 is 33.0 Å². The Balaban J connectivity index is 2.61. The molecule has 0 radical (unpaired) electrons. The van der Waals surface area contributed by atoms with Crippen LogP contribution in [0.3, 0.4) is 0 Å². The fraction of sp³-hybridized carbons (Fsp3) is 0.300. The van der Waals surface area contributed by atoms with E-state index in [1.807, 2.05) is 0 Å². The molecule has 0 aromatic carbocycles. The van der Waals surface area contributed by atoms with E-state index in [4.69, 9.17) is 11.6 Å². The van der Waals surface area contributed by atoms with Crippen LogP contribution in [0.5, 0.6) is 0 Å². The average Bonchev–Trinajstić information content (AvgIpc) is 2.44. The van der Waals surface area contributed by atoms with Gasteiger partial charge in [0.1, 0.15) is 5.15 Å². The first-order chi connectivity index (χ1) is 7.38. The lowest BCUT2D eigenvalue weighted by molar-refractivity contribution is -0.127. The molecule has 0 saturated heterocycles. The lowest BCUT2D eigenvalue weighted by Crippen LogP contribution is -2.11. The topological polar surface area (TPSA) is 12.9 Å². The number of alkyl halides is 3. The highest BCUT2D eigenvalue weighted by atomic mass is 35.5. The lowest BCUT2D eigenvalue weighted by atomic mass is 10.1. The number of aryl methyl sites for hydroxylation is 1. The van der Waals surface area contributed by atoms with Crippen LogP contribution in [0.15, 0.2) is 12.3 Å². The van der Waals surface area contributed by atoms with Crippen molar-refractivity contribution in [3.8, 4) is 0 Å². The maximum Gasteiger partial charge on any atom is 0.393 e. The molecule has 0 atom stereocenters. The van der Waals surface area contributed by atoms with E-state index in [0.29, 0.717) is 20.5 Å². The van der Waals surface area contributed by atoms with Crippen LogP contribution in [0.4, 0.5) is 13.2 Å². The maximum atomic E-state index is 12.4. The molecule has 2 aromatic heterocycles. The summed E-state index contributed by atoms with van der Waals surface area (Å²) in [5, 5.41) is 0.818. The van der Waals surface area contributed by atoms with E-state index >= 15 is 0 Å². The third-order valence-corrected chi connectivity index (χ3v) is 3.81. The van der Waals surface area contributed by atoms with Gasteiger partial charge >= 0.3 is 6.18 Å². The molecule has 0 N–H and O–H groups in total. The van der Waals surface area contributed by atoms with Gasteiger partial charge in [0.25, 0.3) is 0 Å². The van der Waals surface area contributed by atoms with E-state index in [0.717, 1.165) is 0 Å². The first-order valence-corrected chi connectivity index (χ1v) is 5.67. The van der Waals surface area contributed by atoms with Crippen LogP contribution in [0.1, 0.15) is 10.4 Å². The molecule has 16 heavy (non-hydrogen) atoms. The van der Waals surface area contributed by atoms with E-state index in [1.54, 1.807) is 13.0 Å². The molecule has 0 fully saturated rings. The summed E-state index contributed by atoms with van der Waals surface area (Å²) in [7, 11) is 0. The molecule has 0 bridgehead atoms. The highest BCUT2D eigenvalue weighted by Crippen LogP contribution is 2.37. The van der Waals surface area contributed by atoms with Gasteiger partial charge in [-0.25, -0.2) is 4.98 Å². The molecule has 86 valence electrons. The molecule has 2 heterocycles. The molecule has 0 unspecified atom stereocenters. The van der Waals surface area contributed by atoms with Gasteiger partial charge in [-0.3, -0.25) is 0 Å². The van der Waals surface area contributed by atoms with Crippen molar-refractivity contribution in [1.82, 2.24) is 4.98 Å². The summed E-state index contributed by atoms with van der Waals surface area (Å²) in [5.74, 6) is 0. The number of rotatable bonds is 1. The van der Waals surface area contributed by atoms with Gasteiger partial charge in [-0.2, -0.15) is 13.2 Å². The second-order valence-electron chi connectivity index (χ2n) is 3.41. The van der Waals surface area contributed by atoms with Crippen molar-refractivity contribution < 1.29 is 13.2 Å². The zero-order chi connectivity index (χ0) is 11.9. The molecular formula is C10H7ClF3NS. The largest absolute Gasteiger partial charge is 0.393 e. The third-order valence-electron chi connectivity index (χ3n) is 2.24. The maximum absolute atomic E-state index is 12.4. The monoisotopic (exact) mass is 265 g/mol. The Morgan fingerprint density at radius 2 is 2.12 bits per heavy atom. The molecule has 0 saturated carbocycles. The quantitative estimate of drug-likeness (QED) is 0.698. The summed E-state index contributed by atoms with van der Waals surface area (Å²) < 4.78 is 37.8. The first kappa shape index (κ1) is 11.7. The molecule has 0 aliphatic heterocycles. The molecule has 2 aromatic rings. The number of hydrogen-bond acceptors (Lipinski definition) is 2. The fourth-order valence-electron chi connectivity index (χ4n) is 1.58. The van der Waals surface area contributed by atoms with Gasteiger partial charge in [0.15, 0.2) is 0 Å². The van der Waals surface area contributed by atoms with Crippen molar-refractivity contribution in [2.75, 3.05) is 0 Å². The zero-order valence-corrected chi connectivity index (χ0v) is 9.80. The summed E-state index contributed by atoms with van der Waals surface area (Å²) >= 11 is 7.08. The van der Waals surface area contributed by atoms with E-state index in [1.165, 1.54) is 17.5 Å². The van der Waals surface area contributed by atoms with Crippen LogP contribution < -0.4 is 0 Å². The Morgan fingerprint density at radius 1 is 1.44 bits per heavy atom. The summed E-state index contributed by atoms with van der Waals surface area (Å²) in [5.41, 5.74) is 0.303. The van der Waals surface area contributed by atoms with Crippen LogP contribution in [-0.2, 0) is 6.42 Å². The fourth-order valence-corrected chi connectivity index (χ4v) is 2.91. The van der Waals surface area contributed by atoms with Crippen molar-refractivity contribution in [2.24, 2.45) is 0 Å². The van der Waals surface area contributed by atoms with Gasteiger partial charge in [-0.1, -0.05) is 11.6 Å². The summed E-state index contributed by atoms with van der Waals surface area (Å²) in [6.45, 7) is 1.67. The summed E-state index contributed by atoms with van der Waals surface area (Å²) in [6.07, 6.45) is -3.69. The van der Waals surface area contributed by atoms with Crippen LogP contribution in [-0.4, -0.2) is 11.2 Å². The smallest absolute Gasteiger partial charge is 0.243 e. The van der Waals surface area contributed by atoms with Crippen molar-refractivity contribution in [3.63, 3.8) is 0 Å². The Morgan fingerprint density at radius 3 is 2.75 bits per heavy atom. The SMILES string of the molecule is Cc1sc2c(Cl)nccc2c1CC(F)(F)F. The average molecular weight is 266 g/mol. The first-order valence-electron chi connectivity index (χ1n) is 4.48. The second kappa shape index (κ2) is 3.89. The molecule has 0 spiro atoms. The van der Waals surface area contributed by atoms with Gasteiger partial charge in [-0.15, -0.1) is 11.3 Å². The van der Waals surface area contributed by atoms with E-state index in [2.05, 4.69) is 4.98 Å². The normalized spacial score (nSPS) is 12.3. The van der Waals surface area contributed by atoms with Gasteiger partial charge in [0.05, 0.1) is 11.1 Å². The number of pyridine rings is 1. The van der Waals surface area contributed by atoms with Crippen molar-refractivity contribution in [2.45, 2.75) is 19.5 Å². The van der Waals surface area contributed by atoms with Gasteiger partial charge in [0, 0.05) is 16.5 Å². The highest BCUT2D eigenvalue weighted by Gasteiger charge is 2.30. The third kappa shape index (κ3) is 2.15. The van der Waals surface area contributed by atoms with Gasteiger partial charge < -0.3 is 0 Å². The van der Waals surface area contributed by atoms with Gasteiger partial charge in [-0.05, 0) is 18.6 Å². The Bertz CT molecular complexity index is 533. The van der Waals surface area contributed by atoms with Gasteiger partial charge in [0.2, 0.25) is 0 Å². The number of fused-ring (bicyclic) bond motifs is 1. The number of thiophene rings is 1. The predicted octanol–water partition coefficient (Wildman–Crippen LogP) is 4.36. The molecule has 1 nitrogen and oxygen atoms in total. The van der Waals surface area contributed by atoms with E-state index < -0.39 is 12.6 Å². The minimum atomic E-state index is -4.20.